The molecule has 1 aliphatic heterocycles. The van der Waals surface area contributed by atoms with E-state index < -0.39 is 5.82 Å². The summed E-state index contributed by atoms with van der Waals surface area (Å²) in [6.07, 6.45) is 4.72. The normalized spacial score (nSPS) is 17.2. The molecule has 104 valence electrons. The van der Waals surface area contributed by atoms with Crippen LogP contribution in [0.1, 0.15) is 48.5 Å². The summed E-state index contributed by atoms with van der Waals surface area (Å²) >= 11 is 0. The Morgan fingerprint density at radius 3 is 2.47 bits per heavy atom. The number of rotatable bonds is 3. The van der Waals surface area contributed by atoms with Gasteiger partial charge < -0.3 is 5.11 Å². The van der Waals surface area contributed by atoms with Crippen LogP contribution in [0.3, 0.4) is 0 Å². The number of Topliss-reactive ketones (excluding diaryl/α,β-unsaturated/α-hetero) is 1. The quantitative estimate of drug-likeness (QED) is 0.854. The summed E-state index contributed by atoms with van der Waals surface area (Å²) in [4.78, 5) is 13.6. The molecule has 0 aliphatic carbocycles. The molecule has 1 saturated heterocycles. The number of ketones is 1. The molecule has 0 bridgehead atoms. The molecule has 1 heterocycles. The maximum absolute atomic E-state index is 13.5. The van der Waals surface area contributed by atoms with Gasteiger partial charge in [0.1, 0.15) is 11.6 Å². The van der Waals surface area contributed by atoms with Crippen LogP contribution in [-0.4, -0.2) is 28.9 Å². The average molecular weight is 265 g/mol. The van der Waals surface area contributed by atoms with E-state index in [1.54, 1.807) is 0 Å². The highest BCUT2D eigenvalue weighted by atomic mass is 19.1. The van der Waals surface area contributed by atoms with Crippen molar-refractivity contribution in [3.8, 4) is 5.75 Å². The SMILES string of the molecule is CC(=O)c1cc(F)cc(CN2CCCCCC2)c1O. The number of carbonyl (C=O) groups excluding carboxylic acids is 1. The number of hydrogen-bond acceptors (Lipinski definition) is 3. The summed E-state index contributed by atoms with van der Waals surface area (Å²) < 4.78 is 13.5. The first-order chi connectivity index (χ1) is 9.08. The molecule has 0 aromatic heterocycles. The number of phenols is 1. The highest BCUT2D eigenvalue weighted by molar-refractivity contribution is 5.97. The average Bonchev–Trinajstić information content (AvgIpc) is 2.61. The zero-order valence-corrected chi connectivity index (χ0v) is 11.3. The van der Waals surface area contributed by atoms with Gasteiger partial charge in [0.25, 0.3) is 0 Å². The first kappa shape index (κ1) is 14.0. The Hall–Kier alpha value is -1.42. The Morgan fingerprint density at radius 2 is 1.89 bits per heavy atom. The smallest absolute Gasteiger partial charge is 0.163 e. The monoisotopic (exact) mass is 265 g/mol. The lowest BCUT2D eigenvalue weighted by Crippen LogP contribution is -2.24. The van der Waals surface area contributed by atoms with E-state index in [0.717, 1.165) is 32.0 Å². The van der Waals surface area contributed by atoms with Gasteiger partial charge in [0.2, 0.25) is 0 Å². The van der Waals surface area contributed by atoms with Gasteiger partial charge in [-0.05, 0) is 45.0 Å². The lowest BCUT2D eigenvalue weighted by Gasteiger charge is -2.21. The van der Waals surface area contributed by atoms with Crippen LogP contribution < -0.4 is 0 Å². The minimum atomic E-state index is -0.465. The van der Waals surface area contributed by atoms with Crippen molar-refractivity contribution in [2.75, 3.05) is 13.1 Å². The van der Waals surface area contributed by atoms with E-state index in [1.807, 2.05) is 0 Å². The van der Waals surface area contributed by atoms with Crippen molar-refractivity contribution in [3.63, 3.8) is 0 Å². The number of likely N-dealkylation sites (tertiary alicyclic amines) is 1. The van der Waals surface area contributed by atoms with Gasteiger partial charge in [0.05, 0.1) is 5.56 Å². The Balaban J connectivity index is 2.21. The van der Waals surface area contributed by atoms with Gasteiger partial charge in [-0.15, -0.1) is 0 Å². The van der Waals surface area contributed by atoms with Gasteiger partial charge in [0.15, 0.2) is 5.78 Å². The molecule has 1 aliphatic rings. The van der Waals surface area contributed by atoms with Crippen molar-refractivity contribution < 1.29 is 14.3 Å². The van der Waals surface area contributed by atoms with Crippen molar-refractivity contribution in [1.82, 2.24) is 4.90 Å². The van der Waals surface area contributed by atoms with E-state index in [4.69, 9.17) is 0 Å². The Labute approximate surface area is 113 Å². The van der Waals surface area contributed by atoms with E-state index >= 15 is 0 Å². The molecule has 19 heavy (non-hydrogen) atoms. The van der Waals surface area contributed by atoms with Crippen molar-refractivity contribution in [1.29, 1.82) is 0 Å². The van der Waals surface area contributed by atoms with E-state index in [0.29, 0.717) is 12.1 Å². The van der Waals surface area contributed by atoms with Gasteiger partial charge in [-0.25, -0.2) is 4.39 Å². The second-order valence-corrected chi connectivity index (χ2v) is 5.21. The number of benzene rings is 1. The van der Waals surface area contributed by atoms with Crippen LogP contribution in [0.2, 0.25) is 0 Å². The third-order valence-corrected chi connectivity index (χ3v) is 3.63. The van der Waals surface area contributed by atoms with Crippen LogP contribution in [0.5, 0.6) is 5.75 Å². The zero-order valence-electron chi connectivity index (χ0n) is 11.3. The van der Waals surface area contributed by atoms with Crippen LogP contribution in [-0.2, 0) is 6.54 Å². The lowest BCUT2D eigenvalue weighted by molar-refractivity contribution is 0.101. The summed E-state index contributed by atoms with van der Waals surface area (Å²) in [5.41, 5.74) is 0.580. The van der Waals surface area contributed by atoms with Crippen molar-refractivity contribution in [2.24, 2.45) is 0 Å². The third-order valence-electron chi connectivity index (χ3n) is 3.63. The minimum Gasteiger partial charge on any atom is -0.507 e. The van der Waals surface area contributed by atoms with Crippen LogP contribution >= 0.6 is 0 Å². The summed E-state index contributed by atoms with van der Waals surface area (Å²) in [5.74, 6) is -0.847. The molecular formula is C15H20FNO2. The lowest BCUT2D eigenvalue weighted by atomic mass is 10.0. The molecule has 0 atom stereocenters. The van der Waals surface area contributed by atoms with Crippen molar-refractivity contribution in [2.45, 2.75) is 39.2 Å². The fourth-order valence-corrected chi connectivity index (χ4v) is 2.58. The maximum atomic E-state index is 13.5. The fourth-order valence-electron chi connectivity index (χ4n) is 2.58. The molecule has 1 N–H and O–H groups in total. The summed E-state index contributed by atoms with van der Waals surface area (Å²) in [5, 5.41) is 10.1. The number of nitrogens with zero attached hydrogens (tertiary/aromatic N) is 1. The molecule has 0 spiro atoms. The molecule has 2 rings (SSSR count). The van der Waals surface area contributed by atoms with Crippen LogP contribution in [0.4, 0.5) is 4.39 Å². The molecule has 0 amide bonds. The molecule has 4 heteroatoms. The van der Waals surface area contributed by atoms with Crippen LogP contribution in [0, 0.1) is 5.82 Å². The van der Waals surface area contributed by atoms with Crippen LogP contribution in [0.25, 0.3) is 0 Å². The van der Waals surface area contributed by atoms with E-state index in [1.165, 1.54) is 25.8 Å². The first-order valence-electron chi connectivity index (χ1n) is 6.82. The van der Waals surface area contributed by atoms with Crippen molar-refractivity contribution >= 4 is 5.78 Å². The van der Waals surface area contributed by atoms with E-state index in [9.17, 15) is 14.3 Å². The molecule has 1 fully saturated rings. The largest absolute Gasteiger partial charge is 0.507 e. The van der Waals surface area contributed by atoms with Gasteiger partial charge >= 0.3 is 0 Å². The Bertz CT molecular complexity index is 465. The predicted octanol–water partition coefficient (Wildman–Crippen LogP) is 3.11. The number of phenolic OH excluding ortho intramolecular Hbond substituents is 1. The molecule has 1 aromatic carbocycles. The summed E-state index contributed by atoms with van der Waals surface area (Å²) in [6, 6.07) is 2.43. The number of halogens is 1. The van der Waals surface area contributed by atoms with Gasteiger partial charge in [-0.2, -0.15) is 0 Å². The zero-order chi connectivity index (χ0) is 13.8. The first-order valence-corrected chi connectivity index (χ1v) is 6.82. The van der Waals surface area contributed by atoms with Gasteiger partial charge in [0, 0.05) is 12.1 Å². The molecule has 0 radical (unpaired) electrons. The topological polar surface area (TPSA) is 40.5 Å². The summed E-state index contributed by atoms with van der Waals surface area (Å²) in [7, 11) is 0. The van der Waals surface area contributed by atoms with E-state index in [2.05, 4.69) is 4.90 Å². The van der Waals surface area contributed by atoms with Crippen LogP contribution in [0.15, 0.2) is 12.1 Å². The van der Waals surface area contributed by atoms with Crippen molar-refractivity contribution in [3.05, 3.63) is 29.1 Å². The molecular weight excluding hydrogens is 245 g/mol. The molecule has 1 aromatic rings. The second-order valence-electron chi connectivity index (χ2n) is 5.21. The van der Waals surface area contributed by atoms with E-state index in [-0.39, 0.29) is 17.1 Å². The number of carbonyl (C=O) groups is 1. The maximum Gasteiger partial charge on any atom is 0.163 e. The number of hydrogen-bond donors (Lipinski definition) is 1. The van der Waals surface area contributed by atoms with Gasteiger partial charge in [-0.1, -0.05) is 12.8 Å². The number of aromatic hydroxyl groups is 1. The molecule has 3 nitrogen and oxygen atoms in total. The molecule has 0 unspecified atom stereocenters. The van der Waals surface area contributed by atoms with Gasteiger partial charge in [-0.3, -0.25) is 9.69 Å². The summed E-state index contributed by atoms with van der Waals surface area (Å²) in [6.45, 7) is 3.77. The molecule has 0 saturated carbocycles. The Kier molecular flexibility index (Phi) is 4.53. The Morgan fingerprint density at radius 1 is 1.26 bits per heavy atom. The standard InChI is InChI=1S/C15H20FNO2/c1-11(18)14-9-13(16)8-12(15(14)19)10-17-6-4-2-3-5-7-17/h8-9,19H,2-7,10H2,1H3. The fraction of sp³-hybridized carbons (Fsp3) is 0.533. The highest BCUT2D eigenvalue weighted by Gasteiger charge is 2.17. The predicted molar refractivity (Wildman–Crippen MR) is 71.8 cm³/mol. The highest BCUT2D eigenvalue weighted by Crippen LogP contribution is 2.26. The third kappa shape index (κ3) is 3.53. The second kappa shape index (κ2) is 6.15. The minimum absolute atomic E-state index is 0.0712.